The van der Waals surface area contributed by atoms with E-state index in [0.29, 0.717) is 20.7 Å². The number of benzene rings is 2. The summed E-state index contributed by atoms with van der Waals surface area (Å²) in [5.74, 6) is -0.793. The van der Waals surface area contributed by atoms with Gasteiger partial charge in [0.05, 0.1) is 21.8 Å². The van der Waals surface area contributed by atoms with Gasteiger partial charge in [-0.15, -0.1) is 0 Å². The second kappa shape index (κ2) is 9.51. The highest BCUT2D eigenvalue weighted by Crippen LogP contribution is 2.35. The minimum atomic E-state index is -0.590. The molecule has 0 radical (unpaired) electrons. The SMILES string of the molecule is CCOC(=O)COc1c(Cl)cc(/C=C2/NC(=O)N(c3cccc(Cl)c3)C2=O)cc1Br. The average Bonchev–Trinajstić information content (AvgIpc) is 2.94. The molecule has 2 aromatic carbocycles. The molecule has 0 bridgehead atoms. The monoisotopic (exact) mass is 512 g/mol. The van der Waals surface area contributed by atoms with Crippen molar-refractivity contribution in [1.82, 2.24) is 5.32 Å². The molecule has 1 saturated heterocycles. The fourth-order valence-corrected chi connectivity index (χ4v) is 3.86. The van der Waals surface area contributed by atoms with Crippen LogP contribution in [0, 0.1) is 0 Å². The Balaban J connectivity index is 1.82. The van der Waals surface area contributed by atoms with Gasteiger partial charge in [0.1, 0.15) is 5.70 Å². The van der Waals surface area contributed by atoms with Crippen LogP contribution in [0.5, 0.6) is 5.75 Å². The zero-order chi connectivity index (χ0) is 21.8. The molecule has 2 aromatic rings. The molecule has 3 amide bonds. The van der Waals surface area contributed by atoms with Gasteiger partial charge in [-0.05, 0) is 64.8 Å². The van der Waals surface area contributed by atoms with Crippen molar-refractivity contribution in [3.05, 3.63) is 62.2 Å². The number of imide groups is 1. The number of nitrogens with zero attached hydrogens (tertiary/aromatic N) is 1. The Hall–Kier alpha value is -2.55. The van der Waals surface area contributed by atoms with E-state index in [1.165, 1.54) is 12.1 Å². The molecule has 0 saturated carbocycles. The maximum atomic E-state index is 12.7. The van der Waals surface area contributed by atoms with E-state index >= 15 is 0 Å². The Morgan fingerprint density at radius 1 is 1.23 bits per heavy atom. The molecular formula is C20H15BrCl2N2O5. The summed E-state index contributed by atoms with van der Waals surface area (Å²) < 4.78 is 10.7. The number of hydrogen-bond donors (Lipinski definition) is 1. The number of amides is 3. The molecule has 0 spiro atoms. The maximum absolute atomic E-state index is 12.7. The van der Waals surface area contributed by atoms with Crippen LogP contribution in [0.4, 0.5) is 10.5 Å². The highest BCUT2D eigenvalue weighted by Gasteiger charge is 2.35. The first-order valence-corrected chi connectivity index (χ1v) is 10.2. The molecule has 0 aromatic heterocycles. The van der Waals surface area contributed by atoms with E-state index in [4.69, 9.17) is 32.7 Å². The average molecular weight is 514 g/mol. The van der Waals surface area contributed by atoms with Gasteiger partial charge in [-0.3, -0.25) is 4.79 Å². The van der Waals surface area contributed by atoms with Gasteiger partial charge in [-0.1, -0.05) is 29.3 Å². The smallest absolute Gasteiger partial charge is 0.344 e. The van der Waals surface area contributed by atoms with E-state index in [2.05, 4.69) is 21.2 Å². The number of ether oxygens (including phenoxy) is 2. The van der Waals surface area contributed by atoms with Gasteiger partial charge in [-0.25, -0.2) is 14.5 Å². The largest absolute Gasteiger partial charge is 0.479 e. The van der Waals surface area contributed by atoms with Crippen molar-refractivity contribution in [3.63, 3.8) is 0 Å². The predicted octanol–water partition coefficient (Wildman–Crippen LogP) is 4.80. The van der Waals surface area contributed by atoms with Crippen molar-refractivity contribution < 1.29 is 23.9 Å². The summed E-state index contributed by atoms with van der Waals surface area (Å²) in [5.41, 5.74) is 0.963. The summed E-state index contributed by atoms with van der Waals surface area (Å²) in [4.78, 5) is 37.5. The number of halogens is 3. The molecule has 1 aliphatic heterocycles. The third-order valence-corrected chi connectivity index (χ3v) is 5.02. The predicted molar refractivity (Wildman–Crippen MR) is 117 cm³/mol. The second-order valence-corrected chi connectivity index (χ2v) is 7.71. The Morgan fingerprint density at radius 2 is 2.00 bits per heavy atom. The number of carbonyl (C=O) groups excluding carboxylic acids is 3. The van der Waals surface area contributed by atoms with E-state index in [0.717, 1.165) is 4.90 Å². The second-order valence-electron chi connectivity index (χ2n) is 6.02. The lowest BCUT2D eigenvalue weighted by Gasteiger charge is -2.12. The lowest BCUT2D eigenvalue weighted by atomic mass is 10.1. The first-order chi connectivity index (χ1) is 14.3. The number of urea groups is 1. The summed E-state index contributed by atoms with van der Waals surface area (Å²) in [5, 5.41) is 3.15. The normalized spacial score (nSPS) is 14.8. The van der Waals surface area contributed by atoms with Crippen LogP contribution < -0.4 is 15.0 Å². The van der Waals surface area contributed by atoms with Gasteiger partial charge < -0.3 is 14.8 Å². The van der Waals surface area contributed by atoms with Crippen LogP contribution in [0.1, 0.15) is 12.5 Å². The summed E-state index contributed by atoms with van der Waals surface area (Å²) in [7, 11) is 0. The molecule has 30 heavy (non-hydrogen) atoms. The number of esters is 1. The van der Waals surface area contributed by atoms with E-state index in [-0.39, 0.29) is 29.7 Å². The third-order valence-electron chi connectivity index (χ3n) is 3.92. The van der Waals surface area contributed by atoms with Crippen molar-refractivity contribution in [2.75, 3.05) is 18.1 Å². The van der Waals surface area contributed by atoms with Gasteiger partial charge in [0.2, 0.25) is 0 Å². The number of nitrogens with one attached hydrogen (secondary N) is 1. The van der Waals surface area contributed by atoms with Crippen molar-refractivity contribution in [3.8, 4) is 5.75 Å². The Bertz CT molecular complexity index is 1030. The molecule has 1 fully saturated rings. The fraction of sp³-hybridized carbons (Fsp3) is 0.150. The lowest BCUT2D eigenvalue weighted by molar-refractivity contribution is -0.145. The molecular weight excluding hydrogens is 499 g/mol. The van der Waals surface area contributed by atoms with Crippen molar-refractivity contribution in [2.45, 2.75) is 6.92 Å². The first-order valence-electron chi connectivity index (χ1n) is 8.70. The molecule has 1 heterocycles. The summed E-state index contributed by atoms with van der Waals surface area (Å²) in [6.45, 7) is 1.64. The summed E-state index contributed by atoms with van der Waals surface area (Å²) >= 11 is 15.5. The Morgan fingerprint density at radius 3 is 2.67 bits per heavy atom. The minimum Gasteiger partial charge on any atom is -0.479 e. The van der Waals surface area contributed by atoms with Crippen LogP contribution in [0.3, 0.4) is 0 Å². The molecule has 10 heteroatoms. The fourth-order valence-electron chi connectivity index (χ4n) is 2.69. The summed E-state index contributed by atoms with van der Waals surface area (Å²) in [6.07, 6.45) is 1.48. The van der Waals surface area contributed by atoms with Crippen molar-refractivity contribution in [2.24, 2.45) is 0 Å². The van der Waals surface area contributed by atoms with Gasteiger partial charge in [0.25, 0.3) is 5.91 Å². The molecule has 0 aliphatic carbocycles. The van der Waals surface area contributed by atoms with Crippen LogP contribution in [0.25, 0.3) is 6.08 Å². The molecule has 3 rings (SSSR count). The molecule has 1 aliphatic rings. The lowest BCUT2D eigenvalue weighted by Crippen LogP contribution is -2.30. The van der Waals surface area contributed by atoms with Crippen LogP contribution in [-0.2, 0) is 14.3 Å². The van der Waals surface area contributed by atoms with Gasteiger partial charge in [0, 0.05) is 5.02 Å². The Kier molecular flexibility index (Phi) is 7.02. The van der Waals surface area contributed by atoms with Crippen molar-refractivity contribution in [1.29, 1.82) is 0 Å². The number of anilines is 1. The highest BCUT2D eigenvalue weighted by atomic mass is 79.9. The van der Waals surface area contributed by atoms with Crippen LogP contribution in [0.15, 0.2) is 46.6 Å². The van der Waals surface area contributed by atoms with Crippen LogP contribution in [-0.4, -0.2) is 31.1 Å². The third kappa shape index (κ3) is 4.95. The van der Waals surface area contributed by atoms with E-state index < -0.39 is 17.9 Å². The highest BCUT2D eigenvalue weighted by molar-refractivity contribution is 9.10. The zero-order valence-electron chi connectivity index (χ0n) is 15.6. The standard InChI is InChI=1S/C20H15BrCl2N2O5/c1-2-29-17(26)10-30-18-14(21)6-11(7-15(18)23)8-16-19(27)25(20(28)24-16)13-5-3-4-12(22)9-13/h3-9H,2,10H2,1H3,(H,24,28)/b16-8+. The zero-order valence-corrected chi connectivity index (χ0v) is 18.7. The van der Waals surface area contributed by atoms with E-state index in [1.54, 1.807) is 37.3 Å². The van der Waals surface area contributed by atoms with Gasteiger partial charge >= 0.3 is 12.0 Å². The quantitative estimate of drug-likeness (QED) is 0.341. The van der Waals surface area contributed by atoms with Gasteiger partial charge in [0.15, 0.2) is 12.4 Å². The molecule has 0 atom stereocenters. The van der Waals surface area contributed by atoms with Crippen molar-refractivity contribution >= 4 is 68.8 Å². The van der Waals surface area contributed by atoms with Crippen LogP contribution in [0.2, 0.25) is 10.0 Å². The Labute approximate surface area is 190 Å². The van der Waals surface area contributed by atoms with Gasteiger partial charge in [-0.2, -0.15) is 0 Å². The first kappa shape index (κ1) is 22.1. The number of hydrogen-bond acceptors (Lipinski definition) is 5. The minimum absolute atomic E-state index is 0.0723. The van der Waals surface area contributed by atoms with E-state index in [9.17, 15) is 14.4 Å². The maximum Gasteiger partial charge on any atom is 0.344 e. The van der Waals surface area contributed by atoms with E-state index in [1.807, 2.05) is 0 Å². The molecule has 156 valence electrons. The number of rotatable bonds is 6. The molecule has 1 N–H and O–H groups in total. The summed E-state index contributed by atoms with van der Waals surface area (Å²) in [6, 6.07) is 9.01. The molecule has 7 nitrogen and oxygen atoms in total. The molecule has 0 unspecified atom stereocenters. The number of carbonyl (C=O) groups is 3. The van der Waals surface area contributed by atoms with Crippen LogP contribution >= 0.6 is 39.1 Å². The topological polar surface area (TPSA) is 84.9 Å².